The fourth-order valence-corrected chi connectivity index (χ4v) is 8.32. The zero-order valence-electron chi connectivity index (χ0n) is 24.4. The van der Waals surface area contributed by atoms with E-state index in [0.29, 0.717) is 11.3 Å². The molecule has 0 saturated heterocycles. The highest BCUT2D eigenvalue weighted by atomic mass is 16.3. The lowest BCUT2D eigenvalue weighted by Gasteiger charge is -2.60. The van der Waals surface area contributed by atoms with Crippen molar-refractivity contribution in [3.05, 3.63) is 23.3 Å². The molecule has 2 saturated carbocycles. The normalized spacial score (nSPS) is 40.8. The summed E-state index contributed by atoms with van der Waals surface area (Å²) in [6.07, 6.45) is 10.5. The summed E-state index contributed by atoms with van der Waals surface area (Å²) >= 11 is 0. The minimum absolute atomic E-state index is 0.0432. The van der Waals surface area contributed by atoms with Crippen LogP contribution in [0.1, 0.15) is 107 Å². The van der Waals surface area contributed by atoms with Gasteiger partial charge in [-0.3, -0.25) is 4.79 Å². The first-order chi connectivity index (χ1) is 16.5. The van der Waals surface area contributed by atoms with Crippen LogP contribution in [0.3, 0.4) is 0 Å². The molecule has 1 unspecified atom stereocenters. The fourth-order valence-electron chi connectivity index (χ4n) is 8.32. The molecule has 7 atom stereocenters. The molecule has 4 nitrogen and oxygen atoms in total. The Bertz CT molecular complexity index is 966. The number of aliphatic hydroxyl groups excluding tert-OH is 2. The summed E-state index contributed by atoms with van der Waals surface area (Å²) < 4.78 is 0. The Kier molecular flexibility index (Phi) is 7.85. The highest BCUT2D eigenvalue weighted by Crippen LogP contribution is 2.65. The lowest BCUT2D eigenvalue weighted by atomic mass is 9.44. The third-order valence-electron chi connectivity index (χ3n) is 11.4. The van der Waals surface area contributed by atoms with E-state index in [1.54, 1.807) is 6.92 Å². The Balaban J connectivity index is 2.01. The predicted octanol–water partition coefficient (Wildman–Crippen LogP) is 7.02. The summed E-state index contributed by atoms with van der Waals surface area (Å²) in [4.78, 5) is 12.9. The van der Waals surface area contributed by atoms with Crippen molar-refractivity contribution >= 4 is 5.78 Å². The largest absolute Gasteiger partial charge is 0.396 e. The Morgan fingerprint density at radius 2 is 1.83 bits per heavy atom. The molecule has 0 aliphatic heterocycles. The van der Waals surface area contributed by atoms with Crippen LogP contribution in [0.5, 0.6) is 0 Å². The number of carbonyl (C=O) groups excluding carboxylic acids is 1. The number of nitrogens with zero attached hydrogens (tertiary/aromatic N) is 1. The maximum Gasteiger partial charge on any atom is 0.176 e. The zero-order valence-corrected chi connectivity index (χ0v) is 24.4. The first kappa shape index (κ1) is 29.1. The fraction of sp³-hybridized carbons (Fsp3) is 0.812. The van der Waals surface area contributed by atoms with E-state index < -0.39 is 11.5 Å². The molecule has 202 valence electrons. The van der Waals surface area contributed by atoms with Gasteiger partial charge in [-0.1, -0.05) is 73.1 Å². The number of carbonyl (C=O) groups is 1. The van der Waals surface area contributed by atoms with Crippen LogP contribution in [0.15, 0.2) is 23.3 Å². The number of hydrogen-bond acceptors (Lipinski definition) is 4. The van der Waals surface area contributed by atoms with Crippen molar-refractivity contribution in [3.63, 3.8) is 0 Å². The second kappa shape index (κ2) is 9.70. The lowest BCUT2D eigenvalue weighted by molar-refractivity contribution is -0.123. The van der Waals surface area contributed by atoms with Gasteiger partial charge in [-0.05, 0) is 85.4 Å². The van der Waals surface area contributed by atoms with Crippen LogP contribution in [0.4, 0.5) is 0 Å². The Hall–Kier alpha value is -1.44. The molecule has 0 radical (unpaired) electrons. The van der Waals surface area contributed by atoms with Crippen molar-refractivity contribution in [2.24, 2.45) is 44.8 Å². The molecule has 3 rings (SSSR count). The van der Waals surface area contributed by atoms with Crippen molar-refractivity contribution in [3.8, 4) is 6.07 Å². The SMILES string of the molecule is CC1CC(C)(C)CC[C@]1(CO)CCC(C)(C)[C@]1(C)CC[C@H]2[C@H](C)C(=O)C(C#N)=C[C@]2(C)/C1=C/[C@H](C)O. The molecular formula is C32H51NO3. The van der Waals surface area contributed by atoms with Crippen molar-refractivity contribution in [2.75, 3.05) is 6.61 Å². The zero-order chi connectivity index (χ0) is 27.3. The van der Waals surface area contributed by atoms with Gasteiger partial charge in [-0.25, -0.2) is 0 Å². The van der Waals surface area contributed by atoms with E-state index in [4.69, 9.17) is 0 Å². The third kappa shape index (κ3) is 4.76. The summed E-state index contributed by atoms with van der Waals surface area (Å²) in [6, 6.07) is 2.17. The van der Waals surface area contributed by atoms with Gasteiger partial charge in [0.05, 0.1) is 11.7 Å². The van der Waals surface area contributed by atoms with Crippen LogP contribution in [0.25, 0.3) is 0 Å². The van der Waals surface area contributed by atoms with Gasteiger partial charge in [0.2, 0.25) is 0 Å². The Morgan fingerprint density at radius 1 is 1.19 bits per heavy atom. The number of ketones is 1. The van der Waals surface area contributed by atoms with Crippen LogP contribution in [-0.4, -0.2) is 28.7 Å². The van der Waals surface area contributed by atoms with Gasteiger partial charge in [-0.15, -0.1) is 0 Å². The van der Waals surface area contributed by atoms with Crippen LogP contribution in [0.2, 0.25) is 0 Å². The Labute approximate surface area is 220 Å². The second-order valence-corrected chi connectivity index (χ2v) is 14.6. The molecule has 0 spiro atoms. The topological polar surface area (TPSA) is 81.3 Å². The van der Waals surface area contributed by atoms with Crippen molar-refractivity contribution in [1.29, 1.82) is 5.26 Å². The van der Waals surface area contributed by atoms with Gasteiger partial charge in [-0.2, -0.15) is 5.26 Å². The second-order valence-electron chi connectivity index (χ2n) is 14.6. The third-order valence-corrected chi connectivity index (χ3v) is 11.4. The molecule has 3 aliphatic carbocycles. The molecule has 0 aromatic rings. The summed E-state index contributed by atoms with van der Waals surface area (Å²) in [5.41, 5.74) is 0.975. The molecule has 0 amide bonds. The smallest absolute Gasteiger partial charge is 0.176 e. The van der Waals surface area contributed by atoms with Crippen LogP contribution < -0.4 is 0 Å². The molecule has 0 aromatic carbocycles. The van der Waals surface area contributed by atoms with Crippen LogP contribution >= 0.6 is 0 Å². The maximum atomic E-state index is 12.9. The summed E-state index contributed by atoms with van der Waals surface area (Å²) in [6.45, 7) is 20.2. The van der Waals surface area contributed by atoms with Gasteiger partial charge in [0.1, 0.15) is 6.07 Å². The first-order valence-electron chi connectivity index (χ1n) is 14.2. The number of rotatable bonds is 6. The summed E-state index contributed by atoms with van der Waals surface area (Å²) in [5, 5.41) is 31.0. The minimum Gasteiger partial charge on any atom is -0.396 e. The number of hydrogen-bond donors (Lipinski definition) is 2. The van der Waals surface area contributed by atoms with Crippen molar-refractivity contribution in [2.45, 2.75) is 113 Å². The van der Waals surface area contributed by atoms with E-state index in [9.17, 15) is 20.3 Å². The molecule has 0 heterocycles. The van der Waals surface area contributed by atoms with E-state index in [-0.39, 0.29) is 46.0 Å². The number of fused-ring (bicyclic) bond motifs is 1. The monoisotopic (exact) mass is 497 g/mol. The van der Waals surface area contributed by atoms with E-state index in [1.165, 1.54) is 5.57 Å². The van der Waals surface area contributed by atoms with Crippen molar-refractivity contribution < 1.29 is 15.0 Å². The first-order valence-corrected chi connectivity index (χ1v) is 14.2. The highest BCUT2D eigenvalue weighted by Gasteiger charge is 2.58. The average molecular weight is 498 g/mol. The molecule has 2 fully saturated rings. The van der Waals surface area contributed by atoms with Gasteiger partial charge < -0.3 is 10.2 Å². The highest BCUT2D eigenvalue weighted by molar-refractivity contribution is 6.02. The predicted molar refractivity (Wildman–Crippen MR) is 146 cm³/mol. The molecule has 4 heteroatoms. The minimum atomic E-state index is -0.609. The molecular weight excluding hydrogens is 446 g/mol. The van der Waals surface area contributed by atoms with E-state index >= 15 is 0 Å². The molecule has 36 heavy (non-hydrogen) atoms. The van der Waals surface area contributed by atoms with E-state index in [1.807, 2.05) is 19.1 Å². The number of nitriles is 1. The van der Waals surface area contributed by atoms with Crippen LogP contribution in [0, 0.1) is 56.2 Å². The lowest BCUT2D eigenvalue weighted by Crippen LogP contribution is -2.53. The number of aliphatic hydroxyl groups is 2. The molecule has 2 N–H and O–H groups in total. The average Bonchev–Trinajstić information content (AvgIpc) is 2.78. The summed E-state index contributed by atoms with van der Waals surface area (Å²) in [7, 11) is 0. The standard InChI is InChI=1S/C32H51NO3/c1-21-17-28(4,5)12-14-32(21,20-34)15-13-29(6,7)31(9)11-10-25-23(3)27(36)24(19-33)18-30(25,8)26(31)16-22(2)35/h16,18,21-23,25,34-35H,10-15,17,20H2,1-9H3/b26-16-/t21?,22-,23-,25-,30-,31+,32+/m0/s1. The van der Waals surface area contributed by atoms with Gasteiger partial charge in [0, 0.05) is 17.9 Å². The summed E-state index contributed by atoms with van der Waals surface area (Å²) in [5.74, 6) is 0.351. The van der Waals surface area contributed by atoms with E-state index in [2.05, 4.69) is 54.5 Å². The molecule has 0 aromatic heterocycles. The number of Topliss-reactive ketones (excluding diaryl/α,β-unsaturated/α-hetero) is 1. The van der Waals surface area contributed by atoms with Gasteiger partial charge in [0.25, 0.3) is 0 Å². The van der Waals surface area contributed by atoms with Gasteiger partial charge in [0.15, 0.2) is 5.78 Å². The Morgan fingerprint density at radius 3 is 2.36 bits per heavy atom. The van der Waals surface area contributed by atoms with E-state index in [0.717, 1.165) is 44.9 Å². The maximum absolute atomic E-state index is 12.9. The van der Waals surface area contributed by atoms with Crippen LogP contribution in [-0.2, 0) is 4.79 Å². The van der Waals surface area contributed by atoms with Crippen molar-refractivity contribution in [1.82, 2.24) is 0 Å². The quantitative estimate of drug-likeness (QED) is 0.386. The molecule has 3 aliphatic rings. The molecule has 0 bridgehead atoms. The van der Waals surface area contributed by atoms with Gasteiger partial charge >= 0.3 is 0 Å². The number of allylic oxidation sites excluding steroid dienone is 3.